The average molecular weight is 482 g/mol. The highest BCUT2D eigenvalue weighted by Gasteiger charge is 2.22. The fourth-order valence-corrected chi connectivity index (χ4v) is 2.68. The summed E-state index contributed by atoms with van der Waals surface area (Å²) in [5, 5.41) is 0. The number of benzene rings is 2. The summed E-state index contributed by atoms with van der Waals surface area (Å²) in [5.41, 5.74) is 0.731. The monoisotopic (exact) mass is 480 g/mol. The molecule has 2 aromatic carbocycles. The first-order chi connectivity index (χ1) is 12.3. The largest absolute Gasteiger partial charge is 0.461 e. The van der Waals surface area contributed by atoms with Gasteiger partial charge in [0.1, 0.15) is 18.1 Å². The summed E-state index contributed by atoms with van der Waals surface area (Å²) >= 11 is 6.67. The summed E-state index contributed by atoms with van der Waals surface area (Å²) in [6, 6.07) is 17.2. The minimum Gasteiger partial charge on any atom is -0.461 e. The number of hydrogen-bond donors (Lipinski definition) is 0. The lowest BCUT2D eigenvalue weighted by atomic mass is 9.86. The van der Waals surface area contributed by atoms with E-state index in [1.807, 2.05) is 74.5 Å². The molecule has 0 amide bonds. The van der Waals surface area contributed by atoms with Gasteiger partial charge in [0.05, 0.1) is 9.81 Å². The van der Waals surface area contributed by atoms with E-state index in [2.05, 4.69) is 31.9 Å². The molecule has 0 bridgehead atoms. The van der Waals surface area contributed by atoms with Crippen LogP contribution in [0.15, 0.2) is 64.1 Å². The summed E-state index contributed by atoms with van der Waals surface area (Å²) in [7, 11) is 0. The van der Waals surface area contributed by atoms with Gasteiger partial charge in [-0.3, -0.25) is 4.79 Å². The van der Waals surface area contributed by atoms with Gasteiger partial charge in [0, 0.05) is 0 Å². The molecule has 0 atom stereocenters. The van der Waals surface area contributed by atoms with Crippen molar-refractivity contribution in [2.75, 3.05) is 0 Å². The van der Waals surface area contributed by atoms with Gasteiger partial charge in [0.25, 0.3) is 0 Å². The SMILES string of the molecule is CC(C)(CC=C(Br)Br)CC(=O)OCc1cccc(Oc2ccccc2)c1. The Morgan fingerprint density at radius 3 is 2.42 bits per heavy atom. The van der Waals surface area contributed by atoms with E-state index in [9.17, 15) is 4.79 Å². The van der Waals surface area contributed by atoms with Crippen molar-refractivity contribution >= 4 is 37.8 Å². The summed E-state index contributed by atoms with van der Waals surface area (Å²) in [5.74, 6) is 1.29. The van der Waals surface area contributed by atoms with E-state index in [0.29, 0.717) is 6.42 Å². The molecule has 0 unspecified atom stereocenters. The maximum absolute atomic E-state index is 12.2. The van der Waals surface area contributed by atoms with Crippen molar-refractivity contribution in [2.24, 2.45) is 5.41 Å². The van der Waals surface area contributed by atoms with E-state index in [4.69, 9.17) is 9.47 Å². The predicted octanol–water partition coefficient (Wildman–Crippen LogP) is 6.96. The zero-order valence-electron chi connectivity index (χ0n) is 14.9. The molecular formula is C21H22Br2O3. The molecule has 0 saturated carbocycles. The number of hydrogen-bond acceptors (Lipinski definition) is 3. The van der Waals surface area contributed by atoms with Crippen LogP contribution < -0.4 is 4.74 Å². The predicted molar refractivity (Wildman–Crippen MR) is 112 cm³/mol. The highest BCUT2D eigenvalue weighted by atomic mass is 79.9. The zero-order valence-corrected chi connectivity index (χ0v) is 18.0. The van der Waals surface area contributed by atoms with Crippen LogP contribution in [-0.2, 0) is 16.1 Å². The van der Waals surface area contributed by atoms with Crippen molar-refractivity contribution in [1.29, 1.82) is 0 Å². The molecule has 5 heteroatoms. The van der Waals surface area contributed by atoms with Crippen molar-refractivity contribution in [3.8, 4) is 11.5 Å². The average Bonchev–Trinajstić information content (AvgIpc) is 2.59. The van der Waals surface area contributed by atoms with Crippen LogP contribution in [0.2, 0.25) is 0 Å². The number of carbonyl (C=O) groups excluding carboxylic acids is 1. The molecule has 26 heavy (non-hydrogen) atoms. The number of esters is 1. The molecule has 0 spiro atoms. The lowest BCUT2D eigenvalue weighted by Gasteiger charge is -2.21. The van der Waals surface area contributed by atoms with E-state index in [-0.39, 0.29) is 18.0 Å². The number of rotatable bonds is 8. The first kappa shape index (κ1) is 20.7. The third-order valence-electron chi connectivity index (χ3n) is 3.71. The summed E-state index contributed by atoms with van der Waals surface area (Å²) in [6.07, 6.45) is 3.13. The summed E-state index contributed by atoms with van der Waals surface area (Å²) in [4.78, 5) is 12.2. The molecule has 0 fully saturated rings. The van der Waals surface area contributed by atoms with Gasteiger partial charge in [-0.2, -0.15) is 0 Å². The van der Waals surface area contributed by atoms with Crippen LogP contribution in [0.4, 0.5) is 0 Å². The van der Waals surface area contributed by atoms with Crippen molar-refractivity contribution in [3.63, 3.8) is 0 Å². The molecule has 3 nitrogen and oxygen atoms in total. The fraction of sp³-hybridized carbons (Fsp3) is 0.286. The highest BCUT2D eigenvalue weighted by molar-refractivity contribution is 9.28. The molecule has 2 aromatic rings. The van der Waals surface area contributed by atoms with E-state index < -0.39 is 0 Å². The van der Waals surface area contributed by atoms with Crippen molar-refractivity contribution in [2.45, 2.75) is 33.3 Å². The molecule has 0 aliphatic rings. The van der Waals surface area contributed by atoms with Crippen molar-refractivity contribution in [3.05, 3.63) is 69.6 Å². The van der Waals surface area contributed by atoms with Gasteiger partial charge in [-0.05, 0) is 73.5 Å². The number of para-hydroxylation sites is 1. The van der Waals surface area contributed by atoms with Crippen LogP contribution in [-0.4, -0.2) is 5.97 Å². The quantitative estimate of drug-likeness (QED) is 0.382. The molecule has 0 aliphatic carbocycles. The normalized spacial score (nSPS) is 10.9. The number of carbonyl (C=O) groups is 1. The van der Waals surface area contributed by atoms with Gasteiger partial charge in [-0.1, -0.05) is 50.3 Å². The van der Waals surface area contributed by atoms with Crippen LogP contribution in [0.1, 0.15) is 32.3 Å². The van der Waals surface area contributed by atoms with Crippen LogP contribution in [0.25, 0.3) is 0 Å². The van der Waals surface area contributed by atoms with E-state index in [0.717, 1.165) is 26.9 Å². The second kappa shape index (κ2) is 9.93. The standard InChI is InChI=1S/C21H22Br2O3/c1-21(2,12-11-19(22)23)14-20(24)25-15-16-7-6-10-18(13-16)26-17-8-4-3-5-9-17/h3-11,13H,12,14-15H2,1-2H3. The maximum Gasteiger partial charge on any atom is 0.306 e. The highest BCUT2D eigenvalue weighted by Crippen LogP contribution is 2.29. The molecule has 0 N–H and O–H groups in total. The van der Waals surface area contributed by atoms with Crippen molar-refractivity contribution < 1.29 is 14.3 Å². The van der Waals surface area contributed by atoms with Gasteiger partial charge in [-0.15, -0.1) is 0 Å². The molecule has 0 heterocycles. The smallest absolute Gasteiger partial charge is 0.306 e. The van der Waals surface area contributed by atoms with E-state index in [1.165, 1.54) is 0 Å². The van der Waals surface area contributed by atoms with E-state index in [1.54, 1.807) is 0 Å². The first-order valence-corrected chi connectivity index (χ1v) is 9.91. The lowest BCUT2D eigenvalue weighted by Crippen LogP contribution is -2.18. The second-order valence-corrected chi connectivity index (χ2v) is 9.53. The molecule has 0 radical (unpaired) electrons. The van der Waals surface area contributed by atoms with Crippen molar-refractivity contribution in [1.82, 2.24) is 0 Å². The molecule has 0 saturated heterocycles. The summed E-state index contributed by atoms with van der Waals surface area (Å²) in [6.45, 7) is 4.32. The third kappa shape index (κ3) is 7.75. The van der Waals surface area contributed by atoms with Gasteiger partial charge < -0.3 is 9.47 Å². The minimum atomic E-state index is -0.205. The van der Waals surface area contributed by atoms with Gasteiger partial charge in [0.15, 0.2) is 0 Å². The van der Waals surface area contributed by atoms with Crippen LogP contribution in [0, 0.1) is 5.41 Å². The summed E-state index contributed by atoms with van der Waals surface area (Å²) < 4.78 is 12.1. The topological polar surface area (TPSA) is 35.5 Å². The Balaban J connectivity index is 1.88. The Morgan fingerprint density at radius 1 is 1.04 bits per heavy atom. The Kier molecular flexibility index (Phi) is 7.91. The Hall–Kier alpha value is -1.59. The second-order valence-electron chi connectivity index (χ2n) is 6.76. The number of allylic oxidation sites excluding steroid dienone is 1. The first-order valence-electron chi connectivity index (χ1n) is 8.33. The van der Waals surface area contributed by atoms with E-state index >= 15 is 0 Å². The molecule has 2 rings (SSSR count). The third-order valence-corrected chi connectivity index (χ3v) is 4.36. The molecule has 0 aromatic heterocycles. The van der Waals surface area contributed by atoms with Crippen LogP contribution >= 0.6 is 31.9 Å². The maximum atomic E-state index is 12.2. The number of ether oxygens (including phenoxy) is 2. The van der Waals surface area contributed by atoms with Gasteiger partial charge >= 0.3 is 5.97 Å². The molecule has 0 aliphatic heterocycles. The molecular weight excluding hydrogens is 460 g/mol. The Bertz CT molecular complexity index is 751. The fourth-order valence-electron chi connectivity index (χ4n) is 2.35. The zero-order chi connectivity index (χ0) is 19.0. The van der Waals surface area contributed by atoms with Crippen LogP contribution in [0.5, 0.6) is 11.5 Å². The minimum absolute atomic E-state index is 0.165. The number of halogens is 2. The Labute approximate surface area is 171 Å². The van der Waals surface area contributed by atoms with Gasteiger partial charge in [0.2, 0.25) is 0 Å². The van der Waals surface area contributed by atoms with Crippen LogP contribution in [0.3, 0.4) is 0 Å². The lowest BCUT2D eigenvalue weighted by molar-refractivity contribution is -0.147. The van der Waals surface area contributed by atoms with Gasteiger partial charge in [-0.25, -0.2) is 0 Å². The Morgan fingerprint density at radius 2 is 1.73 bits per heavy atom. The molecule has 138 valence electrons.